The number of methoxy groups -OCH3 is 1. The Morgan fingerprint density at radius 1 is 1.38 bits per heavy atom. The van der Waals surface area contributed by atoms with E-state index in [0.717, 1.165) is 6.54 Å². The predicted octanol–water partition coefficient (Wildman–Crippen LogP) is 1.01. The molecule has 0 aromatic carbocycles. The molecule has 0 aliphatic carbocycles. The Balaban J connectivity index is 0. The first-order valence-electron chi connectivity index (χ1n) is 2.93. The van der Waals surface area contributed by atoms with Crippen LogP contribution >= 0.6 is 0 Å². The quantitative estimate of drug-likeness (QED) is 0.588. The van der Waals surface area contributed by atoms with Crippen LogP contribution in [0.1, 0.15) is 19.8 Å². The van der Waals surface area contributed by atoms with Crippen LogP contribution < -0.4 is 5.73 Å². The lowest BCUT2D eigenvalue weighted by molar-refractivity contribution is 0.277. The first-order valence-corrected chi connectivity index (χ1v) is 2.93. The molecule has 0 amide bonds. The second-order valence-corrected chi connectivity index (χ2v) is 1.55. The minimum absolute atomic E-state index is 0.844. The number of hydrogen-bond acceptors (Lipinski definition) is 2. The molecule has 0 bridgehead atoms. The molecule has 0 saturated heterocycles. The van der Waals surface area contributed by atoms with Gasteiger partial charge in [-0.25, -0.2) is 0 Å². The monoisotopic (exact) mass is 119 g/mol. The van der Waals surface area contributed by atoms with Crippen LogP contribution in [-0.4, -0.2) is 20.8 Å². The Bertz CT molecular complexity index is 22.5. The zero-order chi connectivity index (χ0) is 6.83. The molecule has 0 saturated carbocycles. The fourth-order valence-electron chi connectivity index (χ4n) is 0.204. The van der Waals surface area contributed by atoms with E-state index in [2.05, 4.69) is 11.7 Å². The topological polar surface area (TPSA) is 35.2 Å². The lowest BCUT2D eigenvalue weighted by Gasteiger charge is -1.80. The van der Waals surface area contributed by atoms with Gasteiger partial charge in [0.25, 0.3) is 0 Å². The van der Waals surface area contributed by atoms with Crippen molar-refractivity contribution in [2.24, 2.45) is 5.73 Å². The molecule has 2 heteroatoms. The number of rotatable bonds is 2. The molecular weight excluding hydrogens is 102 g/mol. The molecule has 52 valence electrons. The van der Waals surface area contributed by atoms with Gasteiger partial charge >= 0.3 is 0 Å². The van der Waals surface area contributed by atoms with Crippen molar-refractivity contribution in [3.8, 4) is 0 Å². The molecule has 0 aromatic rings. The molecule has 0 spiro atoms. The van der Waals surface area contributed by atoms with Crippen LogP contribution in [0.5, 0.6) is 0 Å². The summed E-state index contributed by atoms with van der Waals surface area (Å²) in [5.74, 6) is 0. The van der Waals surface area contributed by atoms with Gasteiger partial charge in [-0.2, -0.15) is 0 Å². The molecule has 0 fully saturated rings. The average Bonchev–Trinajstić information content (AvgIpc) is 1.71. The van der Waals surface area contributed by atoms with E-state index in [1.165, 1.54) is 12.8 Å². The van der Waals surface area contributed by atoms with Gasteiger partial charge in [0, 0.05) is 14.2 Å². The molecule has 0 atom stereocenters. The molecule has 8 heavy (non-hydrogen) atoms. The summed E-state index contributed by atoms with van der Waals surface area (Å²) < 4.78 is 4.25. The largest absolute Gasteiger partial charge is 0.388 e. The van der Waals surface area contributed by atoms with Crippen LogP contribution in [0.3, 0.4) is 0 Å². The highest BCUT2D eigenvalue weighted by molar-refractivity contribution is 4.29. The molecule has 0 aromatic heterocycles. The van der Waals surface area contributed by atoms with Crippen molar-refractivity contribution < 1.29 is 4.74 Å². The maximum atomic E-state index is 5.14. The maximum Gasteiger partial charge on any atom is 0.0351 e. The highest BCUT2D eigenvalue weighted by Crippen LogP contribution is 1.77. The van der Waals surface area contributed by atoms with Gasteiger partial charge in [0.2, 0.25) is 0 Å². The zero-order valence-electron chi connectivity index (χ0n) is 6.11. The summed E-state index contributed by atoms with van der Waals surface area (Å²) in [4.78, 5) is 0. The predicted molar refractivity (Wildman–Crippen MR) is 36.9 cm³/mol. The number of unbranched alkanes of at least 4 members (excludes halogenated alkanes) is 1. The van der Waals surface area contributed by atoms with Gasteiger partial charge in [-0.15, -0.1) is 0 Å². The van der Waals surface area contributed by atoms with Crippen molar-refractivity contribution in [1.82, 2.24) is 0 Å². The Hall–Kier alpha value is -0.0800. The van der Waals surface area contributed by atoms with E-state index < -0.39 is 0 Å². The molecule has 0 rings (SSSR count). The maximum absolute atomic E-state index is 5.14. The van der Waals surface area contributed by atoms with E-state index in [1.54, 1.807) is 14.2 Å². The Morgan fingerprint density at radius 3 is 1.75 bits per heavy atom. The smallest absolute Gasteiger partial charge is 0.0351 e. The third kappa shape index (κ3) is 38.9. The Kier molecular flexibility index (Phi) is 21.3. The van der Waals surface area contributed by atoms with Crippen LogP contribution in [0, 0.1) is 0 Å². The van der Waals surface area contributed by atoms with E-state index in [4.69, 9.17) is 5.73 Å². The third-order valence-electron chi connectivity index (χ3n) is 0.558. The summed E-state index contributed by atoms with van der Waals surface area (Å²) in [6, 6.07) is 0. The molecule has 0 aliphatic heterocycles. The zero-order valence-corrected chi connectivity index (χ0v) is 6.11. The molecule has 0 heterocycles. The normalized spacial score (nSPS) is 7.50. The van der Waals surface area contributed by atoms with E-state index in [0.29, 0.717) is 0 Å². The van der Waals surface area contributed by atoms with E-state index >= 15 is 0 Å². The second-order valence-electron chi connectivity index (χ2n) is 1.55. The number of ether oxygens (including phenoxy) is 1. The fourth-order valence-corrected chi connectivity index (χ4v) is 0.204. The van der Waals surface area contributed by atoms with Gasteiger partial charge in [-0.3, -0.25) is 0 Å². The highest BCUT2D eigenvalue weighted by atomic mass is 16.4. The van der Waals surface area contributed by atoms with Gasteiger partial charge in [-0.05, 0) is 13.0 Å². The second kappa shape index (κ2) is 15.8. The van der Waals surface area contributed by atoms with E-state index in [-0.39, 0.29) is 0 Å². The molecule has 2 N–H and O–H groups in total. The van der Waals surface area contributed by atoms with Gasteiger partial charge in [0.05, 0.1) is 0 Å². The summed E-state index contributed by atoms with van der Waals surface area (Å²) in [5.41, 5.74) is 5.14. The van der Waals surface area contributed by atoms with Crippen molar-refractivity contribution in [2.45, 2.75) is 19.8 Å². The molecule has 2 nitrogen and oxygen atoms in total. The van der Waals surface area contributed by atoms with Crippen LogP contribution in [0.2, 0.25) is 0 Å². The lowest BCUT2D eigenvalue weighted by Crippen LogP contribution is -1.95. The van der Waals surface area contributed by atoms with Gasteiger partial charge in [0.15, 0.2) is 0 Å². The van der Waals surface area contributed by atoms with Crippen LogP contribution in [0.25, 0.3) is 0 Å². The first kappa shape index (κ1) is 10.8. The molecule has 0 radical (unpaired) electrons. The van der Waals surface area contributed by atoms with Crippen molar-refractivity contribution in [3.05, 3.63) is 0 Å². The molecule has 0 unspecified atom stereocenters. The molecule has 0 aliphatic rings. The van der Waals surface area contributed by atoms with Crippen LogP contribution in [0.15, 0.2) is 0 Å². The standard InChI is InChI=1S/C4H11N.C2H6O/c1-2-3-4-5;1-3-2/h2-5H2,1H3;1-2H3. The summed E-state index contributed by atoms with van der Waals surface area (Å²) in [6.45, 7) is 2.98. The van der Waals surface area contributed by atoms with Gasteiger partial charge < -0.3 is 10.5 Å². The summed E-state index contributed by atoms with van der Waals surface area (Å²) in [7, 11) is 3.25. The number of hydrogen-bond donors (Lipinski definition) is 1. The summed E-state index contributed by atoms with van der Waals surface area (Å²) >= 11 is 0. The molecular formula is C6H17NO. The van der Waals surface area contributed by atoms with Crippen molar-refractivity contribution in [2.75, 3.05) is 20.8 Å². The fraction of sp³-hybridized carbons (Fsp3) is 1.00. The average molecular weight is 119 g/mol. The Labute approximate surface area is 52.0 Å². The van der Waals surface area contributed by atoms with Gasteiger partial charge in [-0.1, -0.05) is 13.3 Å². The summed E-state index contributed by atoms with van der Waals surface area (Å²) in [5, 5.41) is 0. The lowest BCUT2D eigenvalue weighted by atomic mass is 10.3. The number of nitrogens with two attached hydrogens (primary N) is 1. The van der Waals surface area contributed by atoms with Gasteiger partial charge in [0.1, 0.15) is 0 Å². The summed E-state index contributed by atoms with van der Waals surface area (Å²) in [6.07, 6.45) is 2.39. The minimum atomic E-state index is 0.844. The minimum Gasteiger partial charge on any atom is -0.388 e. The van der Waals surface area contributed by atoms with Crippen LogP contribution in [-0.2, 0) is 4.74 Å². The van der Waals surface area contributed by atoms with E-state index in [1.807, 2.05) is 0 Å². The highest BCUT2D eigenvalue weighted by Gasteiger charge is 1.67. The van der Waals surface area contributed by atoms with Crippen molar-refractivity contribution >= 4 is 0 Å². The Morgan fingerprint density at radius 2 is 1.75 bits per heavy atom. The van der Waals surface area contributed by atoms with Crippen molar-refractivity contribution in [1.29, 1.82) is 0 Å². The van der Waals surface area contributed by atoms with Crippen molar-refractivity contribution in [3.63, 3.8) is 0 Å². The third-order valence-corrected chi connectivity index (χ3v) is 0.558. The first-order chi connectivity index (χ1) is 3.83. The SMILES string of the molecule is CCCCN.COC. The van der Waals surface area contributed by atoms with E-state index in [9.17, 15) is 0 Å². The van der Waals surface area contributed by atoms with Crippen LogP contribution in [0.4, 0.5) is 0 Å².